The summed E-state index contributed by atoms with van der Waals surface area (Å²) in [5, 5.41) is 36.8. The molecule has 0 radical (unpaired) electrons. The summed E-state index contributed by atoms with van der Waals surface area (Å²) < 4.78 is 0. The topological polar surface area (TPSA) is 89.9 Å². The third-order valence-electron chi connectivity index (χ3n) is 3.42. The fourth-order valence-electron chi connectivity index (χ4n) is 2.50. The van der Waals surface area contributed by atoms with E-state index < -0.39 is 11.1 Å². The van der Waals surface area contributed by atoms with Gasteiger partial charge in [-0.25, -0.2) is 0 Å². The van der Waals surface area contributed by atoms with E-state index in [0.717, 1.165) is 0 Å². The molecule has 0 saturated carbocycles. The van der Waals surface area contributed by atoms with Gasteiger partial charge in [-0.15, -0.1) is 0 Å². The van der Waals surface area contributed by atoms with Gasteiger partial charge in [-0.05, 0) is 27.7 Å². The molecule has 0 fully saturated rings. The van der Waals surface area contributed by atoms with E-state index in [2.05, 4.69) is 20.5 Å². The van der Waals surface area contributed by atoms with Crippen LogP contribution in [0.15, 0.2) is 20.5 Å². The van der Waals surface area contributed by atoms with Gasteiger partial charge in [-0.1, -0.05) is 0 Å². The van der Waals surface area contributed by atoms with E-state index in [-0.39, 0.29) is 11.5 Å². The molecule has 18 heavy (non-hydrogen) atoms. The Morgan fingerprint density at radius 2 is 1.06 bits per heavy atom. The van der Waals surface area contributed by atoms with Crippen molar-refractivity contribution >= 4 is 11.4 Å². The van der Waals surface area contributed by atoms with Gasteiger partial charge in [0.25, 0.3) is 0 Å². The van der Waals surface area contributed by atoms with Crippen LogP contribution in [0.4, 0.5) is 11.4 Å². The van der Waals surface area contributed by atoms with Gasteiger partial charge in [-0.3, -0.25) is 0 Å². The van der Waals surface area contributed by atoms with Crippen LogP contribution in [0.2, 0.25) is 0 Å². The lowest BCUT2D eigenvalue weighted by Gasteiger charge is -2.20. The molecule has 2 N–H and O–H groups in total. The molecule has 0 unspecified atom stereocenters. The first-order chi connectivity index (χ1) is 8.26. The van der Waals surface area contributed by atoms with Gasteiger partial charge in [-0.2, -0.15) is 20.5 Å². The van der Waals surface area contributed by atoms with E-state index in [1.807, 2.05) is 27.7 Å². The average molecular weight is 246 g/mol. The normalized spacial score (nSPS) is 21.1. The summed E-state index contributed by atoms with van der Waals surface area (Å²) in [5.74, 6) is 0.0317. The molecule has 2 heterocycles. The number of phenolic OH excluding ortho intramolecular Hbond substituents is 2. The zero-order chi connectivity index (χ0) is 13.3. The van der Waals surface area contributed by atoms with E-state index in [0.29, 0.717) is 22.5 Å². The highest BCUT2D eigenvalue weighted by Crippen LogP contribution is 2.60. The molecule has 2 aliphatic rings. The van der Waals surface area contributed by atoms with E-state index in [1.54, 1.807) is 0 Å². The van der Waals surface area contributed by atoms with Crippen molar-refractivity contribution in [1.82, 2.24) is 0 Å². The third-order valence-corrected chi connectivity index (χ3v) is 3.42. The largest absolute Gasteiger partial charge is 0.505 e. The van der Waals surface area contributed by atoms with Crippen LogP contribution in [0.3, 0.4) is 0 Å². The highest BCUT2D eigenvalue weighted by atomic mass is 16.3. The zero-order valence-electron chi connectivity index (χ0n) is 10.7. The predicted octanol–water partition coefficient (Wildman–Crippen LogP) is 3.76. The molecule has 0 bridgehead atoms. The molecule has 0 aliphatic carbocycles. The molecule has 0 aromatic heterocycles. The van der Waals surface area contributed by atoms with E-state index in [1.165, 1.54) is 0 Å². The van der Waals surface area contributed by atoms with Crippen LogP contribution in [-0.4, -0.2) is 10.2 Å². The lowest BCUT2D eigenvalue weighted by molar-refractivity contribution is 0.430. The van der Waals surface area contributed by atoms with Crippen LogP contribution in [0.5, 0.6) is 11.5 Å². The Hall–Kier alpha value is -1.98. The van der Waals surface area contributed by atoms with Crippen LogP contribution in [0.25, 0.3) is 0 Å². The second kappa shape index (κ2) is 2.88. The van der Waals surface area contributed by atoms with Crippen molar-refractivity contribution < 1.29 is 10.2 Å². The van der Waals surface area contributed by atoms with Gasteiger partial charge in [0.05, 0.1) is 11.1 Å². The molecular weight excluding hydrogens is 232 g/mol. The standard InChI is InChI=1S/C12H14N4O2/c1-11(2)5-7(13-15-11)10(18)6-8(9(5)17)14-16-12(6,3)4/h17-18H,1-4H3. The van der Waals surface area contributed by atoms with E-state index >= 15 is 0 Å². The lowest BCUT2D eigenvalue weighted by atomic mass is 9.86. The number of rotatable bonds is 0. The SMILES string of the molecule is CC1(C)N=Nc2c(O)c3c(c(O)c21)N=NC3(C)C. The summed E-state index contributed by atoms with van der Waals surface area (Å²) in [4.78, 5) is 0. The quantitative estimate of drug-likeness (QED) is 0.682. The van der Waals surface area contributed by atoms with Crippen molar-refractivity contribution in [2.24, 2.45) is 20.5 Å². The number of fused-ring (bicyclic) bond motifs is 2. The van der Waals surface area contributed by atoms with Crippen molar-refractivity contribution in [1.29, 1.82) is 0 Å². The number of phenols is 2. The average Bonchev–Trinajstić information content (AvgIpc) is 2.73. The Bertz CT molecular complexity index is 574. The zero-order valence-corrected chi connectivity index (χ0v) is 10.7. The monoisotopic (exact) mass is 246 g/mol. The van der Waals surface area contributed by atoms with Gasteiger partial charge >= 0.3 is 0 Å². The maximum absolute atomic E-state index is 10.3. The summed E-state index contributed by atoms with van der Waals surface area (Å²) >= 11 is 0. The Labute approximate surface area is 104 Å². The molecule has 0 amide bonds. The Morgan fingerprint density at radius 3 is 1.39 bits per heavy atom. The molecule has 2 aliphatic heterocycles. The molecular formula is C12H14N4O2. The number of azo groups is 2. The van der Waals surface area contributed by atoms with Crippen molar-refractivity contribution in [3.63, 3.8) is 0 Å². The molecule has 0 atom stereocenters. The Kier molecular flexibility index (Phi) is 1.78. The minimum Gasteiger partial charge on any atom is -0.505 e. The number of benzene rings is 1. The molecule has 6 heteroatoms. The molecule has 0 saturated heterocycles. The lowest BCUT2D eigenvalue weighted by Crippen LogP contribution is -2.13. The minimum atomic E-state index is -0.659. The first-order valence-corrected chi connectivity index (χ1v) is 5.74. The highest BCUT2D eigenvalue weighted by Gasteiger charge is 2.43. The van der Waals surface area contributed by atoms with Crippen LogP contribution in [-0.2, 0) is 11.1 Å². The number of hydrogen-bond donors (Lipinski definition) is 2. The van der Waals surface area contributed by atoms with E-state index in [9.17, 15) is 10.2 Å². The minimum absolute atomic E-state index is 0.0159. The first-order valence-electron chi connectivity index (χ1n) is 5.74. The molecule has 1 aromatic rings. The van der Waals surface area contributed by atoms with Gasteiger partial charge in [0.2, 0.25) is 0 Å². The second-order valence-electron chi connectivity index (χ2n) is 5.66. The summed E-state index contributed by atoms with van der Waals surface area (Å²) in [6.07, 6.45) is 0. The maximum atomic E-state index is 10.3. The summed E-state index contributed by atoms with van der Waals surface area (Å²) in [6.45, 7) is 7.30. The summed E-state index contributed by atoms with van der Waals surface area (Å²) in [6, 6.07) is 0. The number of aromatic hydroxyl groups is 2. The second-order valence-corrected chi connectivity index (χ2v) is 5.66. The predicted molar refractivity (Wildman–Crippen MR) is 64.9 cm³/mol. The first kappa shape index (κ1) is 11.1. The van der Waals surface area contributed by atoms with E-state index in [4.69, 9.17) is 0 Å². The van der Waals surface area contributed by atoms with Crippen molar-refractivity contribution in [2.45, 2.75) is 38.8 Å². The van der Waals surface area contributed by atoms with Gasteiger partial charge in [0, 0.05) is 0 Å². The van der Waals surface area contributed by atoms with Gasteiger partial charge in [0.1, 0.15) is 22.5 Å². The summed E-state index contributed by atoms with van der Waals surface area (Å²) in [7, 11) is 0. The molecule has 3 rings (SSSR count). The van der Waals surface area contributed by atoms with Gasteiger partial charge < -0.3 is 10.2 Å². The Morgan fingerprint density at radius 1 is 0.722 bits per heavy atom. The molecule has 1 aromatic carbocycles. The molecule has 94 valence electrons. The third kappa shape index (κ3) is 1.12. The maximum Gasteiger partial charge on any atom is 0.151 e. The molecule has 6 nitrogen and oxygen atoms in total. The smallest absolute Gasteiger partial charge is 0.151 e. The molecule has 0 spiro atoms. The fourth-order valence-corrected chi connectivity index (χ4v) is 2.50. The summed E-state index contributed by atoms with van der Waals surface area (Å²) in [5.41, 5.74) is 0.363. The van der Waals surface area contributed by atoms with Crippen LogP contribution >= 0.6 is 0 Å². The number of hydrogen-bond acceptors (Lipinski definition) is 6. The Balaban J connectivity index is 2.42. The highest BCUT2D eigenvalue weighted by molar-refractivity contribution is 5.80. The van der Waals surface area contributed by atoms with Crippen LogP contribution < -0.4 is 0 Å². The van der Waals surface area contributed by atoms with Crippen LogP contribution in [0, 0.1) is 0 Å². The van der Waals surface area contributed by atoms with Crippen molar-refractivity contribution in [2.75, 3.05) is 0 Å². The van der Waals surface area contributed by atoms with Gasteiger partial charge in [0.15, 0.2) is 11.5 Å². The van der Waals surface area contributed by atoms with Crippen LogP contribution in [0.1, 0.15) is 38.8 Å². The number of nitrogens with zero attached hydrogens (tertiary/aromatic N) is 4. The van der Waals surface area contributed by atoms with Crippen molar-refractivity contribution in [3.8, 4) is 11.5 Å². The van der Waals surface area contributed by atoms with Crippen molar-refractivity contribution in [3.05, 3.63) is 11.1 Å². The fraction of sp³-hybridized carbons (Fsp3) is 0.500.